The molecule has 3 nitrogen and oxygen atoms in total. The molecule has 1 saturated carbocycles. The SMILES string of the molecule is CCCCCCCCCCC(=O)NC[N+](CC)(CC)C(C)C1(F)C(F)(F)C(F)(F)C(F)(C(F)(F)C(F)(F)F)C(F)(F)C1(F)F. The van der Waals surface area contributed by atoms with E-state index in [1.807, 2.05) is 6.92 Å². The normalized spacial score (nSPS) is 27.2. The predicted octanol–water partition coefficient (Wildman–Crippen LogP) is 9.01. The van der Waals surface area contributed by atoms with Crippen molar-refractivity contribution in [2.24, 2.45) is 0 Å². The van der Waals surface area contributed by atoms with Crippen molar-refractivity contribution in [3.63, 3.8) is 0 Å². The average molecular weight is 680 g/mol. The van der Waals surface area contributed by atoms with Gasteiger partial charge in [-0.15, -0.1) is 0 Å². The monoisotopic (exact) mass is 679 g/mol. The molecule has 1 aliphatic carbocycles. The van der Waals surface area contributed by atoms with Crippen molar-refractivity contribution in [1.82, 2.24) is 5.32 Å². The Kier molecular flexibility index (Phi) is 12.2. The summed E-state index contributed by atoms with van der Waals surface area (Å²) in [4.78, 5) is 12.3. The number of hydrogen-bond acceptors (Lipinski definition) is 1. The lowest BCUT2D eigenvalue weighted by atomic mass is 9.62. The summed E-state index contributed by atoms with van der Waals surface area (Å²) in [5.74, 6) is -40.3. The van der Waals surface area contributed by atoms with Crippen molar-refractivity contribution >= 4 is 5.91 Å². The number of carbonyl (C=O) groups excluding carboxylic acids is 1. The molecule has 0 spiro atoms. The van der Waals surface area contributed by atoms with E-state index in [4.69, 9.17) is 0 Å². The number of halogens is 15. The van der Waals surface area contributed by atoms with Gasteiger partial charge < -0.3 is 9.80 Å². The van der Waals surface area contributed by atoms with E-state index >= 15 is 22.0 Å². The molecular formula is C26H38F15N2O+. The fourth-order valence-electron chi connectivity index (χ4n) is 5.66. The largest absolute Gasteiger partial charge is 0.457 e. The molecule has 0 aromatic heterocycles. The molecule has 0 aromatic rings. The van der Waals surface area contributed by atoms with Crippen LogP contribution in [0.4, 0.5) is 65.9 Å². The Morgan fingerprint density at radius 1 is 0.659 bits per heavy atom. The number of rotatable bonds is 16. The molecule has 18 heteroatoms. The van der Waals surface area contributed by atoms with Crippen LogP contribution in [0.2, 0.25) is 0 Å². The van der Waals surface area contributed by atoms with E-state index in [2.05, 4.69) is 5.32 Å². The van der Waals surface area contributed by atoms with Gasteiger partial charge in [0.1, 0.15) is 6.04 Å². The lowest BCUT2D eigenvalue weighted by molar-refractivity contribution is -0.957. The third kappa shape index (κ3) is 5.75. The number of carbonyl (C=O) groups is 1. The van der Waals surface area contributed by atoms with Crippen molar-refractivity contribution in [3.05, 3.63) is 0 Å². The first kappa shape index (κ1) is 40.4. The van der Waals surface area contributed by atoms with Crippen LogP contribution in [-0.2, 0) is 4.79 Å². The van der Waals surface area contributed by atoms with Crippen molar-refractivity contribution in [2.45, 2.75) is 139 Å². The molecule has 1 N–H and O–H groups in total. The van der Waals surface area contributed by atoms with Gasteiger partial charge in [-0.1, -0.05) is 51.9 Å². The van der Waals surface area contributed by atoms with E-state index in [9.17, 15) is 48.7 Å². The molecule has 1 amide bonds. The van der Waals surface area contributed by atoms with E-state index in [1.165, 1.54) is 0 Å². The van der Waals surface area contributed by atoms with Crippen LogP contribution in [0.15, 0.2) is 0 Å². The van der Waals surface area contributed by atoms with Crippen molar-refractivity contribution in [2.75, 3.05) is 19.8 Å². The summed E-state index contributed by atoms with van der Waals surface area (Å²) >= 11 is 0. The van der Waals surface area contributed by atoms with Gasteiger partial charge in [0.05, 0.1) is 13.1 Å². The number of nitrogens with one attached hydrogen (secondary N) is 1. The second kappa shape index (κ2) is 13.2. The zero-order valence-electron chi connectivity index (χ0n) is 24.6. The van der Waals surface area contributed by atoms with Gasteiger partial charge in [-0.25, -0.2) is 8.78 Å². The first-order chi connectivity index (χ1) is 19.7. The van der Waals surface area contributed by atoms with Crippen molar-refractivity contribution in [1.29, 1.82) is 0 Å². The van der Waals surface area contributed by atoms with Crippen molar-refractivity contribution < 1.29 is 75.1 Å². The lowest BCUT2D eigenvalue weighted by Crippen LogP contribution is -2.92. The van der Waals surface area contributed by atoms with E-state index in [-0.39, 0.29) is 13.3 Å². The van der Waals surface area contributed by atoms with E-state index in [1.54, 1.807) is 0 Å². The molecule has 0 radical (unpaired) electrons. The minimum atomic E-state index is -8.33. The Bertz CT molecular complexity index is 936. The highest BCUT2D eigenvalue weighted by molar-refractivity contribution is 5.75. The molecule has 262 valence electrons. The van der Waals surface area contributed by atoms with E-state index in [0.717, 1.165) is 52.4 Å². The summed E-state index contributed by atoms with van der Waals surface area (Å²) in [5, 5.41) is 2.10. The van der Waals surface area contributed by atoms with Crippen LogP contribution in [0.3, 0.4) is 0 Å². The van der Waals surface area contributed by atoms with Gasteiger partial charge in [0.25, 0.3) is 5.67 Å². The molecule has 0 saturated heterocycles. The number of quaternary nitrogens is 1. The van der Waals surface area contributed by atoms with Gasteiger partial charge in [-0.2, -0.15) is 57.1 Å². The highest BCUT2D eigenvalue weighted by Crippen LogP contribution is 2.74. The Balaban J connectivity index is 3.46. The summed E-state index contributed by atoms with van der Waals surface area (Å²) in [5.41, 5.74) is -15.0. The van der Waals surface area contributed by atoms with Crippen LogP contribution in [0, 0.1) is 0 Å². The van der Waals surface area contributed by atoms with Gasteiger partial charge in [0.15, 0.2) is 6.67 Å². The minimum absolute atomic E-state index is 0.00118. The summed E-state index contributed by atoms with van der Waals surface area (Å²) in [6, 6.07) is -3.47. The zero-order chi connectivity index (χ0) is 34.8. The molecule has 1 unspecified atom stereocenters. The topological polar surface area (TPSA) is 29.1 Å². The second-order valence-corrected chi connectivity index (χ2v) is 11.2. The second-order valence-electron chi connectivity index (χ2n) is 11.2. The van der Waals surface area contributed by atoms with Crippen LogP contribution in [-0.4, -0.2) is 83.3 Å². The molecule has 0 bridgehead atoms. The summed E-state index contributed by atoms with van der Waals surface area (Å²) in [6.07, 6.45) is -1.48. The molecule has 0 aliphatic heterocycles. The van der Waals surface area contributed by atoms with Gasteiger partial charge >= 0.3 is 41.5 Å². The third-order valence-electron chi connectivity index (χ3n) is 8.86. The summed E-state index contributed by atoms with van der Waals surface area (Å²) in [6.45, 7) is 1.27. The number of hydrogen-bond donors (Lipinski definition) is 1. The fourth-order valence-corrected chi connectivity index (χ4v) is 5.66. The van der Waals surface area contributed by atoms with Crippen LogP contribution >= 0.6 is 0 Å². The highest BCUT2D eigenvalue weighted by atomic mass is 19.4. The van der Waals surface area contributed by atoms with Crippen molar-refractivity contribution in [3.8, 4) is 0 Å². The first-order valence-corrected chi connectivity index (χ1v) is 14.2. The maximum atomic E-state index is 16.1. The number of amides is 1. The van der Waals surface area contributed by atoms with Gasteiger partial charge in [0, 0.05) is 6.42 Å². The van der Waals surface area contributed by atoms with Crippen LogP contribution < -0.4 is 5.32 Å². The molecule has 1 aliphatic rings. The number of nitrogens with zero attached hydrogens (tertiary/aromatic N) is 1. The van der Waals surface area contributed by atoms with Crippen LogP contribution in [0.1, 0.15) is 85.5 Å². The summed E-state index contributed by atoms with van der Waals surface area (Å²) < 4.78 is 215. The molecule has 1 atom stereocenters. The molecule has 0 aromatic carbocycles. The summed E-state index contributed by atoms with van der Waals surface area (Å²) in [7, 11) is 0. The van der Waals surface area contributed by atoms with E-state index < -0.39 is 83.3 Å². The maximum Gasteiger partial charge on any atom is 0.457 e. The van der Waals surface area contributed by atoms with Gasteiger partial charge in [-0.05, 0) is 27.2 Å². The smallest absolute Gasteiger partial charge is 0.309 e. The lowest BCUT2D eigenvalue weighted by Gasteiger charge is -2.59. The Morgan fingerprint density at radius 2 is 1.05 bits per heavy atom. The zero-order valence-corrected chi connectivity index (χ0v) is 24.6. The highest BCUT2D eigenvalue weighted by Gasteiger charge is 3.07. The quantitative estimate of drug-likeness (QED) is 0.0751. The predicted molar refractivity (Wildman–Crippen MR) is 130 cm³/mol. The number of unbranched alkanes of at least 4 members (excludes halogenated alkanes) is 7. The van der Waals surface area contributed by atoms with E-state index in [0.29, 0.717) is 12.8 Å². The Labute approximate surface area is 245 Å². The van der Waals surface area contributed by atoms with Gasteiger partial charge in [-0.3, -0.25) is 4.79 Å². The Hall–Kier alpha value is -1.62. The minimum Gasteiger partial charge on any atom is -0.309 e. The van der Waals surface area contributed by atoms with Crippen LogP contribution in [0.25, 0.3) is 0 Å². The van der Waals surface area contributed by atoms with Crippen LogP contribution in [0.5, 0.6) is 0 Å². The fraction of sp³-hybridized carbons (Fsp3) is 0.962. The molecular weight excluding hydrogens is 641 g/mol. The first-order valence-electron chi connectivity index (χ1n) is 14.2. The molecule has 1 rings (SSSR count). The molecule has 44 heavy (non-hydrogen) atoms. The maximum absolute atomic E-state index is 16.1. The number of alkyl halides is 15. The third-order valence-corrected chi connectivity index (χ3v) is 8.86. The average Bonchev–Trinajstić information content (AvgIpc) is 2.92. The standard InChI is InChI=1S/C26H37F15N2O/c1-5-8-9-10-11-12-13-14-15-18(44)42-16-43(6-2,7-3)17(4)19(27)21(29,30)23(33,34)20(28,24(35,36)22(19,31)32)25(37,38)26(39,40)41/h17H,5-16H2,1-4H3/p+1. The molecule has 0 heterocycles. The van der Waals surface area contributed by atoms with Gasteiger partial charge in [0.2, 0.25) is 5.91 Å². The molecule has 1 fully saturated rings. The Morgan fingerprint density at radius 3 is 1.41 bits per heavy atom.